The fourth-order valence-corrected chi connectivity index (χ4v) is 3.07. The van der Waals surface area contributed by atoms with Crippen molar-refractivity contribution >= 4 is 23.2 Å². The molecule has 0 saturated heterocycles. The second kappa shape index (κ2) is 6.09. The first-order valence-electron chi connectivity index (χ1n) is 6.88. The Morgan fingerprint density at radius 1 is 1.19 bits per heavy atom. The fraction of sp³-hybridized carbons (Fsp3) is 0.286. The molecule has 3 aromatic rings. The minimum atomic E-state index is 0.807. The van der Waals surface area contributed by atoms with Gasteiger partial charge in [0.05, 0.1) is 0 Å². The quantitative estimate of drug-likeness (QED) is 0.731. The normalized spacial score (nSPS) is 11.0. The van der Waals surface area contributed by atoms with Crippen LogP contribution in [0.4, 0.5) is 5.82 Å². The highest BCUT2D eigenvalue weighted by Crippen LogP contribution is 2.30. The van der Waals surface area contributed by atoms with Crippen LogP contribution in [0.2, 0.25) is 0 Å². The SMILES string of the molecule is CCNc1ncnc(Sc2nnc3ccccn23)c1CC. The van der Waals surface area contributed by atoms with Gasteiger partial charge < -0.3 is 5.32 Å². The van der Waals surface area contributed by atoms with Crippen molar-refractivity contribution in [3.63, 3.8) is 0 Å². The number of fused-ring (bicyclic) bond motifs is 1. The van der Waals surface area contributed by atoms with Crippen molar-refractivity contribution in [2.45, 2.75) is 30.5 Å². The molecule has 0 amide bonds. The molecule has 0 saturated carbocycles. The fourth-order valence-electron chi connectivity index (χ4n) is 2.10. The lowest BCUT2D eigenvalue weighted by Gasteiger charge is -2.10. The van der Waals surface area contributed by atoms with Gasteiger partial charge in [-0.3, -0.25) is 4.40 Å². The molecule has 0 atom stereocenters. The maximum atomic E-state index is 4.40. The van der Waals surface area contributed by atoms with E-state index in [9.17, 15) is 0 Å². The van der Waals surface area contributed by atoms with Crippen LogP contribution in [0.25, 0.3) is 5.65 Å². The molecule has 3 heterocycles. The Hall–Kier alpha value is -2.15. The van der Waals surface area contributed by atoms with Gasteiger partial charge in [-0.05, 0) is 37.2 Å². The molecule has 6 nitrogen and oxygen atoms in total. The van der Waals surface area contributed by atoms with E-state index in [2.05, 4.69) is 39.3 Å². The molecule has 0 fully saturated rings. The van der Waals surface area contributed by atoms with Gasteiger partial charge in [0.25, 0.3) is 0 Å². The molecule has 0 radical (unpaired) electrons. The van der Waals surface area contributed by atoms with Crippen LogP contribution in [0.3, 0.4) is 0 Å². The van der Waals surface area contributed by atoms with Crippen molar-refractivity contribution < 1.29 is 0 Å². The molecule has 0 aliphatic rings. The van der Waals surface area contributed by atoms with Crippen LogP contribution in [-0.4, -0.2) is 31.1 Å². The van der Waals surface area contributed by atoms with Crippen LogP contribution in [0.5, 0.6) is 0 Å². The molecule has 0 aliphatic carbocycles. The van der Waals surface area contributed by atoms with Crippen LogP contribution in [0.1, 0.15) is 19.4 Å². The number of aromatic nitrogens is 5. The molecule has 1 N–H and O–H groups in total. The molecule has 108 valence electrons. The first-order valence-corrected chi connectivity index (χ1v) is 7.70. The number of pyridine rings is 1. The van der Waals surface area contributed by atoms with Crippen molar-refractivity contribution in [3.8, 4) is 0 Å². The van der Waals surface area contributed by atoms with Gasteiger partial charge >= 0.3 is 0 Å². The van der Waals surface area contributed by atoms with E-state index >= 15 is 0 Å². The molecular weight excluding hydrogens is 284 g/mol. The third-order valence-electron chi connectivity index (χ3n) is 3.07. The molecule has 3 aromatic heterocycles. The van der Waals surface area contributed by atoms with Gasteiger partial charge in [0, 0.05) is 18.3 Å². The van der Waals surface area contributed by atoms with Crippen LogP contribution in [0.15, 0.2) is 40.9 Å². The number of anilines is 1. The van der Waals surface area contributed by atoms with Crippen LogP contribution >= 0.6 is 11.8 Å². The van der Waals surface area contributed by atoms with Crippen LogP contribution in [0, 0.1) is 0 Å². The Kier molecular flexibility index (Phi) is 4.01. The zero-order chi connectivity index (χ0) is 14.7. The Morgan fingerprint density at radius 2 is 2.10 bits per heavy atom. The summed E-state index contributed by atoms with van der Waals surface area (Å²) in [6.45, 7) is 4.99. The topological polar surface area (TPSA) is 68.0 Å². The Balaban J connectivity index is 1.99. The molecule has 0 aromatic carbocycles. The highest BCUT2D eigenvalue weighted by molar-refractivity contribution is 7.99. The molecule has 0 unspecified atom stereocenters. The summed E-state index contributed by atoms with van der Waals surface area (Å²) >= 11 is 1.51. The Bertz CT molecular complexity index is 754. The largest absolute Gasteiger partial charge is 0.370 e. The molecule has 0 spiro atoms. The van der Waals surface area contributed by atoms with Gasteiger partial charge in [-0.15, -0.1) is 10.2 Å². The number of nitrogens with zero attached hydrogens (tertiary/aromatic N) is 5. The maximum Gasteiger partial charge on any atom is 0.201 e. The molecular formula is C14H16N6S. The average molecular weight is 300 g/mol. The highest BCUT2D eigenvalue weighted by Gasteiger charge is 2.14. The summed E-state index contributed by atoms with van der Waals surface area (Å²) < 4.78 is 1.96. The summed E-state index contributed by atoms with van der Waals surface area (Å²) in [7, 11) is 0. The number of rotatable bonds is 5. The van der Waals surface area contributed by atoms with E-state index in [1.54, 1.807) is 6.33 Å². The lowest BCUT2D eigenvalue weighted by Crippen LogP contribution is -2.05. The average Bonchev–Trinajstić information content (AvgIpc) is 2.91. The van der Waals surface area contributed by atoms with Gasteiger partial charge in [-0.25, -0.2) is 9.97 Å². The van der Waals surface area contributed by atoms with Gasteiger partial charge in [0.1, 0.15) is 17.2 Å². The summed E-state index contributed by atoms with van der Waals surface area (Å²) in [5, 5.41) is 13.4. The van der Waals surface area contributed by atoms with Crippen molar-refractivity contribution in [2.24, 2.45) is 0 Å². The molecule has 3 rings (SSSR count). The van der Waals surface area contributed by atoms with E-state index in [4.69, 9.17) is 0 Å². The summed E-state index contributed by atoms with van der Waals surface area (Å²) in [6, 6.07) is 5.84. The monoisotopic (exact) mass is 300 g/mol. The summed E-state index contributed by atoms with van der Waals surface area (Å²) in [4.78, 5) is 8.72. The van der Waals surface area contributed by atoms with Crippen LogP contribution in [-0.2, 0) is 6.42 Å². The van der Waals surface area contributed by atoms with E-state index < -0.39 is 0 Å². The van der Waals surface area contributed by atoms with Gasteiger partial charge in [-0.2, -0.15) is 0 Å². The van der Waals surface area contributed by atoms with Crippen molar-refractivity contribution in [1.82, 2.24) is 24.6 Å². The molecule has 0 aliphatic heterocycles. The lowest BCUT2D eigenvalue weighted by molar-refractivity contribution is 0.898. The minimum Gasteiger partial charge on any atom is -0.370 e. The number of nitrogens with one attached hydrogen (secondary N) is 1. The van der Waals surface area contributed by atoms with Gasteiger partial charge in [-0.1, -0.05) is 13.0 Å². The van der Waals surface area contributed by atoms with Crippen molar-refractivity contribution in [1.29, 1.82) is 0 Å². The van der Waals surface area contributed by atoms with Crippen LogP contribution < -0.4 is 5.32 Å². The van der Waals surface area contributed by atoms with Crippen molar-refractivity contribution in [3.05, 3.63) is 36.3 Å². The third-order valence-corrected chi connectivity index (χ3v) is 4.08. The van der Waals surface area contributed by atoms with E-state index in [-0.39, 0.29) is 0 Å². The lowest BCUT2D eigenvalue weighted by atomic mass is 10.2. The second-order valence-electron chi connectivity index (χ2n) is 4.40. The molecule has 21 heavy (non-hydrogen) atoms. The van der Waals surface area contributed by atoms with E-state index in [0.717, 1.165) is 40.2 Å². The van der Waals surface area contributed by atoms with E-state index in [1.165, 1.54) is 11.8 Å². The number of hydrogen-bond acceptors (Lipinski definition) is 6. The predicted octanol–water partition coefficient (Wildman–Crippen LogP) is 2.66. The van der Waals surface area contributed by atoms with Gasteiger partial charge in [0.2, 0.25) is 5.16 Å². The van der Waals surface area contributed by atoms with Crippen molar-refractivity contribution in [2.75, 3.05) is 11.9 Å². The molecule has 0 bridgehead atoms. The zero-order valence-electron chi connectivity index (χ0n) is 11.9. The number of hydrogen-bond donors (Lipinski definition) is 1. The first-order chi connectivity index (χ1) is 10.3. The van der Waals surface area contributed by atoms with E-state index in [0.29, 0.717) is 0 Å². The maximum absolute atomic E-state index is 4.40. The molecule has 7 heteroatoms. The summed E-state index contributed by atoms with van der Waals surface area (Å²) in [5.41, 5.74) is 1.94. The Morgan fingerprint density at radius 3 is 2.90 bits per heavy atom. The minimum absolute atomic E-state index is 0.807. The smallest absolute Gasteiger partial charge is 0.201 e. The van der Waals surface area contributed by atoms with Gasteiger partial charge in [0.15, 0.2) is 5.65 Å². The standard InChI is InChI=1S/C14H16N6S/c1-3-10-12(15-4-2)16-9-17-13(10)21-14-19-18-11-7-5-6-8-20(11)14/h5-9H,3-4H2,1-2H3,(H,15,16,17). The highest BCUT2D eigenvalue weighted by atomic mass is 32.2. The summed E-state index contributed by atoms with van der Waals surface area (Å²) in [5.74, 6) is 0.895. The zero-order valence-corrected chi connectivity index (χ0v) is 12.8. The summed E-state index contributed by atoms with van der Waals surface area (Å²) in [6.07, 6.45) is 4.40. The predicted molar refractivity (Wildman–Crippen MR) is 82.7 cm³/mol. The van der Waals surface area contributed by atoms with E-state index in [1.807, 2.05) is 28.8 Å². The third kappa shape index (κ3) is 2.69. The first kappa shape index (κ1) is 13.8. The Labute approximate surface area is 127 Å². The second-order valence-corrected chi connectivity index (χ2v) is 5.36.